The van der Waals surface area contributed by atoms with Crippen LogP contribution in [0.1, 0.15) is 24.3 Å². The van der Waals surface area contributed by atoms with Crippen molar-refractivity contribution in [2.24, 2.45) is 0 Å². The van der Waals surface area contributed by atoms with Crippen LogP contribution >= 0.6 is 11.6 Å². The molecule has 3 aromatic rings. The minimum absolute atomic E-state index is 0.280. The third kappa shape index (κ3) is 5.02. The van der Waals surface area contributed by atoms with Crippen molar-refractivity contribution in [3.05, 3.63) is 77.6 Å². The van der Waals surface area contributed by atoms with E-state index in [1.54, 1.807) is 36.5 Å². The number of benzene rings is 2. The molecule has 0 unspecified atom stereocenters. The van der Waals surface area contributed by atoms with E-state index in [1.165, 1.54) is 5.69 Å². The highest BCUT2D eigenvalue weighted by molar-refractivity contribution is 6.30. The van der Waals surface area contributed by atoms with E-state index in [4.69, 9.17) is 11.6 Å². The van der Waals surface area contributed by atoms with Gasteiger partial charge in [0.05, 0.1) is 11.9 Å². The van der Waals surface area contributed by atoms with Gasteiger partial charge in [-0.05, 0) is 68.4 Å². The van der Waals surface area contributed by atoms with E-state index in [1.807, 2.05) is 18.2 Å². The van der Waals surface area contributed by atoms with E-state index in [0.29, 0.717) is 16.4 Å². The quantitative estimate of drug-likeness (QED) is 0.549. The summed E-state index contributed by atoms with van der Waals surface area (Å²) in [6, 6.07) is 18.8. The number of hydrogen-bond donors (Lipinski definition) is 2. The van der Waals surface area contributed by atoms with Gasteiger partial charge in [-0.1, -0.05) is 17.7 Å². The van der Waals surface area contributed by atoms with Crippen LogP contribution < -0.4 is 15.5 Å². The van der Waals surface area contributed by atoms with Crippen LogP contribution in [0.15, 0.2) is 66.9 Å². The average Bonchev–Trinajstić information content (AvgIpc) is 2.71. The summed E-state index contributed by atoms with van der Waals surface area (Å²) in [7, 11) is 0. The third-order valence-corrected chi connectivity index (χ3v) is 4.60. The van der Waals surface area contributed by atoms with Crippen LogP contribution in [0.5, 0.6) is 0 Å². The molecule has 6 heteroatoms. The molecule has 2 N–H and O–H groups in total. The number of nitrogens with one attached hydrogen (secondary N) is 2. The highest BCUT2D eigenvalue weighted by Crippen LogP contribution is 2.21. The molecule has 2 aromatic carbocycles. The lowest BCUT2D eigenvalue weighted by molar-refractivity contribution is 0.102. The number of aromatic nitrogens is 1. The highest BCUT2D eigenvalue weighted by atomic mass is 35.5. The maximum atomic E-state index is 12.3. The van der Waals surface area contributed by atoms with Gasteiger partial charge in [0.1, 0.15) is 5.69 Å². The van der Waals surface area contributed by atoms with Gasteiger partial charge in [0, 0.05) is 35.2 Å². The standard InChI is InChI=1S/C22H23ClN4O/c1-3-27(4-2)20-11-8-17(9-12-20)25-19-10-13-21(24-15-19)22(28)26-18-7-5-6-16(23)14-18/h5-15,25H,3-4H2,1-2H3,(H,26,28). The molecule has 0 spiro atoms. The lowest BCUT2D eigenvalue weighted by Gasteiger charge is -2.21. The van der Waals surface area contributed by atoms with Gasteiger partial charge in [0.2, 0.25) is 0 Å². The Morgan fingerprint density at radius 1 is 0.964 bits per heavy atom. The molecule has 0 aliphatic carbocycles. The fraction of sp³-hybridized carbons (Fsp3) is 0.182. The summed E-state index contributed by atoms with van der Waals surface area (Å²) in [5.41, 5.74) is 3.95. The van der Waals surface area contributed by atoms with E-state index in [0.717, 1.165) is 24.5 Å². The first-order valence-electron chi connectivity index (χ1n) is 9.24. The molecule has 1 amide bonds. The van der Waals surface area contributed by atoms with Gasteiger partial charge in [0.25, 0.3) is 5.91 Å². The molecule has 0 aliphatic rings. The Labute approximate surface area is 170 Å². The van der Waals surface area contributed by atoms with Crippen molar-refractivity contribution in [1.82, 2.24) is 4.98 Å². The monoisotopic (exact) mass is 394 g/mol. The zero-order chi connectivity index (χ0) is 19.9. The molecule has 5 nitrogen and oxygen atoms in total. The molecule has 0 saturated carbocycles. The maximum Gasteiger partial charge on any atom is 0.274 e. The Morgan fingerprint density at radius 3 is 2.29 bits per heavy atom. The van der Waals surface area contributed by atoms with E-state index < -0.39 is 0 Å². The lowest BCUT2D eigenvalue weighted by atomic mass is 10.2. The van der Waals surface area contributed by atoms with Crippen LogP contribution in [0.2, 0.25) is 5.02 Å². The van der Waals surface area contributed by atoms with Crippen molar-refractivity contribution in [2.45, 2.75) is 13.8 Å². The smallest absolute Gasteiger partial charge is 0.274 e. The van der Waals surface area contributed by atoms with E-state index >= 15 is 0 Å². The fourth-order valence-corrected chi connectivity index (χ4v) is 3.06. The summed E-state index contributed by atoms with van der Waals surface area (Å²) >= 11 is 5.94. The second kappa shape index (κ2) is 9.24. The minimum atomic E-state index is -0.280. The number of carbonyl (C=O) groups is 1. The highest BCUT2D eigenvalue weighted by Gasteiger charge is 2.08. The number of pyridine rings is 1. The minimum Gasteiger partial charge on any atom is -0.372 e. The number of anilines is 4. The van der Waals surface area contributed by atoms with Gasteiger partial charge in [-0.3, -0.25) is 4.79 Å². The molecular formula is C22H23ClN4O. The first-order valence-corrected chi connectivity index (χ1v) is 9.62. The third-order valence-electron chi connectivity index (χ3n) is 4.36. The Morgan fingerprint density at radius 2 is 1.68 bits per heavy atom. The Kier molecular flexibility index (Phi) is 6.50. The molecule has 0 atom stereocenters. The van der Waals surface area contributed by atoms with Gasteiger partial charge in [0.15, 0.2) is 0 Å². The normalized spacial score (nSPS) is 10.4. The summed E-state index contributed by atoms with van der Waals surface area (Å²) in [5, 5.41) is 6.65. The van der Waals surface area contributed by atoms with Crippen molar-refractivity contribution in [1.29, 1.82) is 0 Å². The predicted octanol–water partition coefficient (Wildman–Crippen LogP) is 5.58. The van der Waals surface area contributed by atoms with Crippen molar-refractivity contribution in [3.63, 3.8) is 0 Å². The molecule has 144 valence electrons. The zero-order valence-electron chi connectivity index (χ0n) is 15.9. The molecule has 1 heterocycles. The van der Waals surface area contributed by atoms with Gasteiger partial charge >= 0.3 is 0 Å². The van der Waals surface area contributed by atoms with Crippen molar-refractivity contribution >= 4 is 40.3 Å². The first-order chi connectivity index (χ1) is 13.6. The van der Waals surface area contributed by atoms with E-state index in [-0.39, 0.29) is 5.91 Å². The molecule has 0 saturated heterocycles. The van der Waals surface area contributed by atoms with Gasteiger partial charge in [-0.25, -0.2) is 4.98 Å². The second-order valence-corrected chi connectivity index (χ2v) is 6.68. The van der Waals surface area contributed by atoms with Crippen molar-refractivity contribution in [3.8, 4) is 0 Å². The molecule has 1 aromatic heterocycles. The van der Waals surface area contributed by atoms with Crippen LogP contribution in [0.3, 0.4) is 0 Å². The molecule has 3 rings (SSSR count). The predicted molar refractivity (Wildman–Crippen MR) is 117 cm³/mol. The van der Waals surface area contributed by atoms with Crippen LogP contribution in [-0.4, -0.2) is 24.0 Å². The SMILES string of the molecule is CCN(CC)c1ccc(Nc2ccc(C(=O)Nc3cccc(Cl)c3)nc2)cc1. The largest absolute Gasteiger partial charge is 0.372 e. The number of amides is 1. The Bertz CT molecular complexity index is 922. The van der Waals surface area contributed by atoms with Crippen LogP contribution in [0.25, 0.3) is 0 Å². The van der Waals surface area contributed by atoms with Crippen LogP contribution in [0, 0.1) is 0 Å². The van der Waals surface area contributed by atoms with Crippen molar-refractivity contribution in [2.75, 3.05) is 28.6 Å². The summed E-state index contributed by atoms with van der Waals surface area (Å²) in [5.74, 6) is -0.280. The second-order valence-electron chi connectivity index (χ2n) is 6.24. The summed E-state index contributed by atoms with van der Waals surface area (Å²) < 4.78 is 0. The Balaban J connectivity index is 1.63. The average molecular weight is 395 g/mol. The number of rotatable bonds is 7. The summed E-state index contributed by atoms with van der Waals surface area (Å²) in [6.45, 7) is 6.24. The van der Waals surface area contributed by atoms with Crippen molar-refractivity contribution < 1.29 is 4.79 Å². The number of hydrogen-bond acceptors (Lipinski definition) is 4. The maximum absolute atomic E-state index is 12.3. The van der Waals surface area contributed by atoms with E-state index in [9.17, 15) is 4.79 Å². The summed E-state index contributed by atoms with van der Waals surface area (Å²) in [4.78, 5) is 18.9. The van der Waals surface area contributed by atoms with Gasteiger partial charge < -0.3 is 15.5 Å². The number of carbonyl (C=O) groups excluding carboxylic acids is 1. The van der Waals surface area contributed by atoms with Gasteiger partial charge in [-0.15, -0.1) is 0 Å². The Hall–Kier alpha value is -3.05. The molecule has 0 aliphatic heterocycles. The molecule has 0 bridgehead atoms. The van der Waals surface area contributed by atoms with Gasteiger partial charge in [-0.2, -0.15) is 0 Å². The molecular weight excluding hydrogens is 372 g/mol. The molecule has 28 heavy (non-hydrogen) atoms. The topological polar surface area (TPSA) is 57.3 Å². The van der Waals surface area contributed by atoms with Crippen LogP contribution in [-0.2, 0) is 0 Å². The number of halogens is 1. The van der Waals surface area contributed by atoms with Crippen LogP contribution in [0.4, 0.5) is 22.7 Å². The first kappa shape index (κ1) is 19.7. The summed E-state index contributed by atoms with van der Waals surface area (Å²) in [6.07, 6.45) is 1.64. The number of nitrogens with zero attached hydrogens (tertiary/aromatic N) is 2. The molecule has 0 fully saturated rings. The lowest BCUT2D eigenvalue weighted by Crippen LogP contribution is -2.21. The molecule has 0 radical (unpaired) electrons. The van der Waals surface area contributed by atoms with E-state index in [2.05, 4.69) is 46.5 Å². The fourth-order valence-electron chi connectivity index (χ4n) is 2.87. The zero-order valence-corrected chi connectivity index (χ0v) is 16.7.